The van der Waals surface area contributed by atoms with Gasteiger partial charge in [0.2, 0.25) is 0 Å². The first-order chi connectivity index (χ1) is 8.27. The van der Waals surface area contributed by atoms with Gasteiger partial charge in [-0.3, -0.25) is 4.79 Å². The first-order valence-electron chi connectivity index (χ1n) is 6.07. The van der Waals surface area contributed by atoms with Gasteiger partial charge in [0.1, 0.15) is 5.75 Å². The molecule has 0 radical (unpaired) electrons. The fourth-order valence-corrected chi connectivity index (χ4v) is 1.64. The van der Waals surface area contributed by atoms with E-state index in [1.165, 1.54) is 18.9 Å². The molecule has 1 aromatic carbocycles. The SMILES string of the molecule is O=C(NCCCNC1CC1)c1ccccc1O. The minimum Gasteiger partial charge on any atom is -0.507 e. The lowest BCUT2D eigenvalue weighted by Gasteiger charge is -2.07. The Labute approximate surface area is 101 Å². The third kappa shape index (κ3) is 3.75. The molecule has 2 rings (SSSR count). The van der Waals surface area contributed by atoms with Crippen LogP contribution in [0.4, 0.5) is 0 Å². The summed E-state index contributed by atoms with van der Waals surface area (Å²) < 4.78 is 0. The maximum absolute atomic E-state index is 11.7. The highest BCUT2D eigenvalue weighted by Crippen LogP contribution is 2.18. The summed E-state index contributed by atoms with van der Waals surface area (Å²) >= 11 is 0. The van der Waals surface area contributed by atoms with Crippen molar-refractivity contribution in [2.45, 2.75) is 25.3 Å². The number of aromatic hydroxyl groups is 1. The molecule has 0 unspecified atom stereocenters. The monoisotopic (exact) mass is 234 g/mol. The minimum atomic E-state index is -0.213. The van der Waals surface area contributed by atoms with Crippen LogP contribution in [0, 0.1) is 0 Å². The van der Waals surface area contributed by atoms with Crippen LogP contribution in [0.15, 0.2) is 24.3 Å². The van der Waals surface area contributed by atoms with Crippen molar-refractivity contribution in [1.82, 2.24) is 10.6 Å². The Hall–Kier alpha value is -1.55. The lowest BCUT2D eigenvalue weighted by molar-refractivity contribution is 0.0950. The number of rotatable bonds is 6. The summed E-state index contributed by atoms with van der Waals surface area (Å²) in [6.45, 7) is 1.57. The molecule has 92 valence electrons. The van der Waals surface area contributed by atoms with E-state index in [-0.39, 0.29) is 11.7 Å². The molecule has 0 bridgehead atoms. The normalized spacial score (nSPS) is 14.6. The maximum Gasteiger partial charge on any atom is 0.255 e. The summed E-state index contributed by atoms with van der Waals surface area (Å²) in [5, 5.41) is 15.7. The van der Waals surface area contributed by atoms with Crippen molar-refractivity contribution in [3.05, 3.63) is 29.8 Å². The third-order valence-electron chi connectivity index (χ3n) is 2.80. The molecular formula is C13H18N2O2. The lowest BCUT2D eigenvalue weighted by atomic mass is 10.2. The second-order valence-electron chi connectivity index (χ2n) is 4.36. The molecule has 1 aromatic rings. The minimum absolute atomic E-state index is 0.0288. The quantitative estimate of drug-likeness (QED) is 0.649. The molecule has 1 fully saturated rings. The number of phenols is 1. The van der Waals surface area contributed by atoms with Gasteiger partial charge in [-0.05, 0) is 37.9 Å². The zero-order chi connectivity index (χ0) is 12.1. The van der Waals surface area contributed by atoms with Crippen molar-refractivity contribution in [2.24, 2.45) is 0 Å². The first kappa shape index (κ1) is 11.9. The van der Waals surface area contributed by atoms with Crippen LogP contribution in [0.25, 0.3) is 0 Å². The molecule has 3 N–H and O–H groups in total. The van der Waals surface area contributed by atoms with Gasteiger partial charge >= 0.3 is 0 Å². The number of carbonyl (C=O) groups is 1. The first-order valence-corrected chi connectivity index (χ1v) is 6.07. The summed E-state index contributed by atoms with van der Waals surface area (Å²) in [5.74, 6) is -0.185. The predicted molar refractivity (Wildman–Crippen MR) is 66.1 cm³/mol. The molecular weight excluding hydrogens is 216 g/mol. The van der Waals surface area contributed by atoms with Crippen LogP contribution in [0.2, 0.25) is 0 Å². The molecule has 1 amide bonds. The van der Waals surface area contributed by atoms with E-state index >= 15 is 0 Å². The molecule has 1 aliphatic rings. The van der Waals surface area contributed by atoms with Crippen molar-refractivity contribution in [3.63, 3.8) is 0 Å². The molecule has 0 aliphatic heterocycles. The summed E-state index contributed by atoms with van der Waals surface area (Å²) in [6, 6.07) is 7.29. The summed E-state index contributed by atoms with van der Waals surface area (Å²) in [4.78, 5) is 11.7. The van der Waals surface area contributed by atoms with Gasteiger partial charge in [-0.2, -0.15) is 0 Å². The van der Waals surface area contributed by atoms with Gasteiger partial charge in [-0.15, -0.1) is 0 Å². The van der Waals surface area contributed by atoms with Crippen LogP contribution < -0.4 is 10.6 Å². The number of carbonyl (C=O) groups excluding carboxylic acids is 1. The number of phenolic OH excluding ortho intramolecular Hbond substituents is 1. The van der Waals surface area contributed by atoms with Crippen LogP contribution in [-0.4, -0.2) is 30.1 Å². The number of para-hydroxylation sites is 1. The largest absolute Gasteiger partial charge is 0.507 e. The summed E-state index contributed by atoms with van der Waals surface area (Å²) in [5.41, 5.74) is 0.336. The molecule has 0 atom stereocenters. The van der Waals surface area contributed by atoms with Gasteiger partial charge < -0.3 is 15.7 Å². The Morgan fingerprint density at radius 3 is 2.76 bits per heavy atom. The highest BCUT2D eigenvalue weighted by molar-refractivity contribution is 5.96. The third-order valence-corrected chi connectivity index (χ3v) is 2.80. The van der Waals surface area contributed by atoms with E-state index in [9.17, 15) is 9.90 Å². The van der Waals surface area contributed by atoms with Gasteiger partial charge in [-0.25, -0.2) is 0 Å². The van der Waals surface area contributed by atoms with Gasteiger partial charge in [0.25, 0.3) is 5.91 Å². The Morgan fingerprint density at radius 1 is 1.29 bits per heavy atom. The highest BCUT2D eigenvalue weighted by atomic mass is 16.3. The Bertz CT molecular complexity index is 389. The Kier molecular flexibility index (Phi) is 3.98. The molecule has 0 spiro atoms. The van der Waals surface area contributed by atoms with Gasteiger partial charge in [0.05, 0.1) is 5.56 Å². The van der Waals surface area contributed by atoms with Crippen molar-refractivity contribution in [2.75, 3.05) is 13.1 Å². The van der Waals surface area contributed by atoms with Crippen LogP contribution in [-0.2, 0) is 0 Å². The smallest absolute Gasteiger partial charge is 0.255 e. The maximum atomic E-state index is 11.7. The standard InChI is InChI=1S/C13H18N2O2/c16-12-5-2-1-4-11(12)13(17)15-9-3-8-14-10-6-7-10/h1-2,4-5,10,14,16H,3,6-9H2,(H,15,17). The van der Waals surface area contributed by atoms with E-state index in [1.54, 1.807) is 18.2 Å². The molecule has 0 saturated heterocycles. The van der Waals surface area contributed by atoms with Crippen LogP contribution in [0.1, 0.15) is 29.6 Å². The van der Waals surface area contributed by atoms with Crippen LogP contribution >= 0.6 is 0 Å². The number of benzene rings is 1. The summed E-state index contributed by atoms with van der Waals surface area (Å²) in [6.07, 6.45) is 3.48. The second-order valence-corrected chi connectivity index (χ2v) is 4.36. The molecule has 17 heavy (non-hydrogen) atoms. The average Bonchev–Trinajstić information content (AvgIpc) is 3.13. The van der Waals surface area contributed by atoms with Crippen LogP contribution in [0.5, 0.6) is 5.75 Å². The van der Waals surface area contributed by atoms with Crippen molar-refractivity contribution >= 4 is 5.91 Å². The van der Waals surface area contributed by atoms with E-state index in [2.05, 4.69) is 10.6 Å². The van der Waals surface area contributed by atoms with E-state index < -0.39 is 0 Å². The number of nitrogens with one attached hydrogen (secondary N) is 2. The van der Waals surface area contributed by atoms with Crippen molar-refractivity contribution in [1.29, 1.82) is 0 Å². The van der Waals surface area contributed by atoms with Crippen LogP contribution in [0.3, 0.4) is 0 Å². The van der Waals surface area contributed by atoms with Crippen molar-refractivity contribution in [3.8, 4) is 5.75 Å². The van der Waals surface area contributed by atoms with E-state index in [0.717, 1.165) is 13.0 Å². The predicted octanol–water partition coefficient (Wildman–Crippen LogP) is 1.26. The average molecular weight is 234 g/mol. The molecule has 1 saturated carbocycles. The lowest BCUT2D eigenvalue weighted by Crippen LogP contribution is -2.27. The summed E-state index contributed by atoms with van der Waals surface area (Å²) in [7, 11) is 0. The number of hydrogen-bond acceptors (Lipinski definition) is 3. The fraction of sp³-hybridized carbons (Fsp3) is 0.462. The highest BCUT2D eigenvalue weighted by Gasteiger charge is 2.19. The zero-order valence-corrected chi connectivity index (χ0v) is 9.78. The molecule has 1 aliphatic carbocycles. The Morgan fingerprint density at radius 2 is 2.06 bits per heavy atom. The molecule has 0 heterocycles. The topological polar surface area (TPSA) is 61.4 Å². The van der Waals surface area contributed by atoms with Gasteiger partial charge in [0, 0.05) is 12.6 Å². The van der Waals surface area contributed by atoms with E-state index in [0.29, 0.717) is 18.2 Å². The van der Waals surface area contributed by atoms with Crippen molar-refractivity contribution < 1.29 is 9.90 Å². The zero-order valence-electron chi connectivity index (χ0n) is 9.78. The fourth-order valence-electron chi connectivity index (χ4n) is 1.64. The van der Waals surface area contributed by atoms with E-state index in [1.807, 2.05) is 0 Å². The van der Waals surface area contributed by atoms with Gasteiger partial charge in [0.15, 0.2) is 0 Å². The number of hydrogen-bond donors (Lipinski definition) is 3. The Balaban J connectivity index is 1.67. The molecule has 4 heteroatoms. The molecule has 4 nitrogen and oxygen atoms in total. The number of amides is 1. The van der Waals surface area contributed by atoms with E-state index in [4.69, 9.17) is 0 Å². The van der Waals surface area contributed by atoms with Gasteiger partial charge in [-0.1, -0.05) is 12.1 Å². The molecule has 0 aromatic heterocycles. The second kappa shape index (κ2) is 5.68.